The lowest BCUT2D eigenvalue weighted by molar-refractivity contribution is 0.340. The summed E-state index contributed by atoms with van der Waals surface area (Å²) in [6.45, 7) is 2.64. The number of guanidine groups is 1. The molecule has 3 rings (SSSR count). The molecule has 1 N–H and O–H groups in total. The number of likely N-dealkylation sites (tertiary alicyclic amines) is 1. The molecule has 0 atom stereocenters. The summed E-state index contributed by atoms with van der Waals surface area (Å²) >= 11 is 5.88. The van der Waals surface area contributed by atoms with E-state index in [-0.39, 0.29) is 0 Å². The zero-order chi connectivity index (χ0) is 15.9. The fourth-order valence-corrected chi connectivity index (χ4v) is 2.74. The number of aromatic nitrogens is 1. The van der Waals surface area contributed by atoms with E-state index in [1.165, 1.54) is 19.3 Å². The van der Waals surface area contributed by atoms with Crippen LogP contribution in [0.2, 0.25) is 5.02 Å². The molecule has 0 aliphatic carbocycles. The zero-order valence-electron chi connectivity index (χ0n) is 13.1. The van der Waals surface area contributed by atoms with Crippen molar-refractivity contribution in [3.63, 3.8) is 0 Å². The first-order chi connectivity index (χ1) is 11.3. The van der Waals surface area contributed by atoms with E-state index in [0.29, 0.717) is 11.6 Å². The molecule has 1 aliphatic heterocycles. The number of aliphatic imine (C=N–C) groups is 1. The van der Waals surface area contributed by atoms with Gasteiger partial charge in [-0.15, -0.1) is 0 Å². The Morgan fingerprint density at radius 1 is 1.09 bits per heavy atom. The molecule has 1 aliphatic rings. The van der Waals surface area contributed by atoms with Gasteiger partial charge in [0, 0.05) is 25.0 Å². The summed E-state index contributed by atoms with van der Waals surface area (Å²) in [6.07, 6.45) is 5.40. The Morgan fingerprint density at radius 3 is 2.57 bits per heavy atom. The molecular formula is C18H21ClN4. The summed E-state index contributed by atoms with van der Waals surface area (Å²) in [5.41, 5.74) is 1.97. The van der Waals surface area contributed by atoms with Crippen molar-refractivity contribution in [3.8, 4) is 0 Å². The van der Waals surface area contributed by atoms with Crippen LogP contribution in [0.15, 0.2) is 53.7 Å². The number of halogens is 1. The second kappa shape index (κ2) is 7.97. The van der Waals surface area contributed by atoms with Gasteiger partial charge in [-0.3, -0.25) is 4.98 Å². The molecule has 0 bridgehead atoms. The molecule has 120 valence electrons. The maximum atomic E-state index is 5.88. The average molecular weight is 329 g/mol. The fraction of sp³-hybridized carbons (Fsp3) is 0.333. The number of nitrogens with zero attached hydrogens (tertiary/aromatic N) is 3. The van der Waals surface area contributed by atoms with Crippen LogP contribution in [0.3, 0.4) is 0 Å². The molecule has 1 saturated heterocycles. The number of piperidine rings is 1. The molecule has 2 heterocycles. The summed E-state index contributed by atoms with van der Waals surface area (Å²) in [5, 5.41) is 4.10. The molecule has 1 aromatic carbocycles. The van der Waals surface area contributed by atoms with E-state index >= 15 is 0 Å². The first-order valence-electron chi connectivity index (χ1n) is 8.03. The van der Waals surface area contributed by atoms with Gasteiger partial charge in [0.2, 0.25) is 0 Å². The minimum Gasteiger partial charge on any atom is -0.343 e. The Bertz CT molecular complexity index is 634. The predicted molar refractivity (Wildman–Crippen MR) is 95.9 cm³/mol. The lowest BCUT2D eigenvalue weighted by Crippen LogP contribution is -2.40. The normalized spacial score (nSPS) is 15.5. The third-order valence-corrected chi connectivity index (χ3v) is 4.09. The number of hydrogen-bond donors (Lipinski definition) is 1. The average Bonchev–Trinajstić information content (AvgIpc) is 2.61. The minimum absolute atomic E-state index is 0.544. The molecule has 0 radical (unpaired) electrons. The highest BCUT2D eigenvalue weighted by Crippen LogP contribution is 2.13. The monoisotopic (exact) mass is 328 g/mol. The lowest BCUT2D eigenvalue weighted by atomic mass is 10.1. The number of nitrogens with one attached hydrogen (secondary N) is 1. The topological polar surface area (TPSA) is 40.5 Å². The maximum absolute atomic E-state index is 5.88. The largest absolute Gasteiger partial charge is 0.343 e. The van der Waals surface area contributed by atoms with Gasteiger partial charge in [-0.2, -0.15) is 0 Å². The molecule has 5 heteroatoms. The number of benzene rings is 1. The van der Waals surface area contributed by atoms with Gasteiger partial charge >= 0.3 is 0 Å². The highest BCUT2D eigenvalue weighted by Gasteiger charge is 2.15. The zero-order valence-corrected chi connectivity index (χ0v) is 13.8. The summed E-state index contributed by atoms with van der Waals surface area (Å²) in [4.78, 5) is 11.4. The fourth-order valence-electron chi connectivity index (χ4n) is 2.63. The van der Waals surface area contributed by atoms with E-state index in [1.54, 1.807) is 6.20 Å². The molecule has 2 aromatic rings. The van der Waals surface area contributed by atoms with Crippen molar-refractivity contribution >= 4 is 23.2 Å². The molecule has 23 heavy (non-hydrogen) atoms. The van der Waals surface area contributed by atoms with Crippen LogP contribution in [-0.2, 0) is 6.54 Å². The van der Waals surface area contributed by atoms with Crippen LogP contribution in [0.5, 0.6) is 0 Å². The molecular weight excluding hydrogens is 308 g/mol. The molecule has 0 spiro atoms. The molecule has 4 nitrogen and oxygen atoms in total. The van der Waals surface area contributed by atoms with E-state index in [0.717, 1.165) is 30.4 Å². The minimum atomic E-state index is 0.544. The van der Waals surface area contributed by atoms with E-state index < -0.39 is 0 Å². The number of anilines is 1. The lowest BCUT2D eigenvalue weighted by Gasteiger charge is -2.30. The van der Waals surface area contributed by atoms with Crippen LogP contribution in [0.25, 0.3) is 0 Å². The van der Waals surface area contributed by atoms with Gasteiger partial charge in [-0.1, -0.05) is 29.8 Å². The first-order valence-corrected chi connectivity index (χ1v) is 8.41. The standard InChI is InChI=1S/C18H21ClN4/c19-15-9-10-17(20-13-15)14-21-18(23-11-5-2-6-12-23)22-16-7-3-1-4-8-16/h1,3-4,7-10,13H,2,5-6,11-12,14H2,(H,21,22). The quantitative estimate of drug-likeness (QED) is 0.678. The Morgan fingerprint density at radius 2 is 1.87 bits per heavy atom. The summed E-state index contributed by atoms with van der Waals surface area (Å²) < 4.78 is 0. The molecule has 1 fully saturated rings. The van der Waals surface area contributed by atoms with Gasteiger partial charge in [0.15, 0.2) is 5.96 Å². The van der Waals surface area contributed by atoms with E-state index in [1.807, 2.05) is 30.3 Å². The second-order valence-corrected chi connectivity index (χ2v) is 6.08. The molecule has 0 saturated carbocycles. The molecule has 0 amide bonds. The summed E-state index contributed by atoms with van der Waals surface area (Å²) in [6, 6.07) is 13.9. The Labute approximate surface area is 142 Å². The van der Waals surface area contributed by atoms with Crippen LogP contribution in [0, 0.1) is 0 Å². The maximum Gasteiger partial charge on any atom is 0.198 e. The molecule has 0 unspecified atom stereocenters. The smallest absolute Gasteiger partial charge is 0.198 e. The summed E-state index contributed by atoms with van der Waals surface area (Å²) in [5.74, 6) is 0.924. The highest BCUT2D eigenvalue weighted by molar-refractivity contribution is 6.30. The number of pyridine rings is 1. The van der Waals surface area contributed by atoms with E-state index in [2.05, 4.69) is 27.3 Å². The van der Waals surface area contributed by atoms with Crippen molar-refractivity contribution in [1.29, 1.82) is 0 Å². The number of rotatable bonds is 3. The number of para-hydroxylation sites is 1. The van der Waals surface area contributed by atoms with Gasteiger partial charge in [0.1, 0.15) is 0 Å². The van der Waals surface area contributed by atoms with Gasteiger partial charge in [-0.25, -0.2) is 4.99 Å². The Balaban J connectivity index is 1.75. The highest BCUT2D eigenvalue weighted by atomic mass is 35.5. The predicted octanol–water partition coefficient (Wildman–Crippen LogP) is 4.19. The number of hydrogen-bond acceptors (Lipinski definition) is 2. The van der Waals surface area contributed by atoms with Crippen LogP contribution < -0.4 is 5.32 Å². The van der Waals surface area contributed by atoms with E-state index in [9.17, 15) is 0 Å². The van der Waals surface area contributed by atoms with Gasteiger partial charge < -0.3 is 10.2 Å². The van der Waals surface area contributed by atoms with Crippen molar-refractivity contribution < 1.29 is 0 Å². The van der Waals surface area contributed by atoms with Gasteiger partial charge in [0.25, 0.3) is 0 Å². The van der Waals surface area contributed by atoms with Crippen molar-refractivity contribution in [1.82, 2.24) is 9.88 Å². The Kier molecular flexibility index (Phi) is 5.48. The van der Waals surface area contributed by atoms with Crippen LogP contribution >= 0.6 is 11.6 Å². The van der Waals surface area contributed by atoms with Crippen molar-refractivity contribution in [2.24, 2.45) is 4.99 Å². The van der Waals surface area contributed by atoms with Crippen molar-refractivity contribution in [2.75, 3.05) is 18.4 Å². The van der Waals surface area contributed by atoms with Gasteiger partial charge in [-0.05, 0) is 43.5 Å². The van der Waals surface area contributed by atoms with Crippen LogP contribution in [0.1, 0.15) is 25.0 Å². The SMILES string of the molecule is Clc1ccc(CN=C(Nc2ccccc2)N2CCCCC2)nc1. The second-order valence-electron chi connectivity index (χ2n) is 5.65. The van der Waals surface area contributed by atoms with E-state index in [4.69, 9.17) is 16.6 Å². The van der Waals surface area contributed by atoms with Crippen LogP contribution in [0.4, 0.5) is 5.69 Å². The Hall–Kier alpha value is -2.07. The van der Waals surface area contributed by atoms with Gasteiger partial charge in [0.05, 0.1) is 17.3 Å². The van der Waals surface area contributed by atoms with Crippen molar-refractivity contribution in [3.05, 3.63) is 59.4 Å². The first kappa shape index (κ1) is 15.8. The van der Waals surface area contributed by atoms with Crippen molar-refractivity contribution in [2.45, 2.75) is 25.8 Å². The third kappa shape index (κ3) is 4.70. The third-order valence-electron chi connectivity index (χ3n) is 3.86. The van der Waals surface area contributed by atoms with Crippen LogP contribution in [-0.4, -0.2) is 28.9 Å². The molecule has 1 aromatic heterocycles. The summed E-state index contributed by atoms with van der Waals surface area (Å²) in [7, 11) is 0.